The van der Waals surface area contributed by atoms with Crippen molar-refractivity contribution in [2.24, 2.45) is 0 Å². The largest absolute Gasteiger partial charge is 0.484 e. The molecule has 162 valence electrons. The molecular formula is C22H18N4O5S. The summed E-state index contributed by atoms with van der Waals surface area (Å²) in [6.45, 7) is -0.153. The average molecular weight is 450 g/mol. The number of nitro groups is 1. The summed E-state index contributed by atoms with van der Waals surface area (Å²) in [4.78, 5) is 34.7. The van der Waals surface area contributed by atoms with Gasteiger partial charge in [0.05, 0.1) is 4.92 Å². The van der Waals surface area contributed by atoms with Crippen molar-refractivity contribution >= 4 is 46.2 Å². The van der Waals surface area contributed by atoms with Crippen molar-refractivity contribution in [2.75, 3.05) is 17.2 Å². The monoisotopic (exact) mass is 450 g/mol. The molecule has 0 spiro atoms. The van der Waals surface area contributed by atoms with Crippen LogP contribution in [0.1, 0.15) is 10.4 Å². The Kier molecular flexibility index (Phi) is 7.44. The maximum Gasteiger partial charge on any atom is 0.270 e. The number of non-ortho nitro benzene ring substituents is 1. The van der Waals surface area contributed by atoms with Crippen LogP contribution in [0.3, 0.4) is 0 Å². The highest BCUT2D eigenvalue weighted by molar-refractivity contribution is 7.80. The molecule has 0 aliphatic rings. The summed E-state index contributed by atoms with van der Waals surface area (Å²) in [6.07, 6.45) is 0. The van der Waals surface area contributed by atoms with Crippen LogP contribution in [-0.4, -0.2) is 28.5 Å². The molecule has 0 aromatic heterocycles. The number of carbonyl (C=O) groups is 2. The summed E-state index contributed by atoms with van der Waals surface area (Å²) >= 11 is 5.14. The van der Waals surface area contributed by atoms with E-state index in [2.05, 4.69) is 16.0 Å². The fourth-order valence-electron chi connectivity index (χ4n) is 2.64. The van der Waals surface area contributed by atoms with Crippen LogP contribution in [0.15, 0.2) is 78.9 Å². The summed E-state index contributed by atoms with van der Waals surface area (Å²) in [6, 6.07) is 21.0. The van der Waals surface area contributed by atoms with Gasteiger partial charge in [0, 0.05) is 29.1 Å². The van der Waals surface area contributed by atoms with Crippen LogP contribution in [-0.2, 0) is 4.79 Å². The number of nitrogens with zero attached hydrogens (tertiary/aromatic N) is 1. The van der Waals surface area contributed by atoms with Gasteiger partial charge in [0.2, 0.25) is 0 Å². The summed E-state index contributed by atoms with van der Waals surface area (Å²) in [5.74, 6) is -0.343. The van der Waals surface area contributed by atoms with Crippen molar-refractivity contribution in [1.29, 1.82) is 0 Å². The Morgan fingerprint density at radius 3 is 2.31 bits per heavy atom. The number of ether oxygens (including phenoxy) is 1. The Morgan fingerprint density at radius 2 is 1.59 bits per heavy atom. The zero-order chi connectivity index (χ0) is 22.9. The molecule has 0 atom stereocenters. The van der Waals surface area contributed by atoms with E-state index in [0.29, 0.717) is 17.1 Å². The first-order valence-electron chi connectivity index (χ1n) is 9.35. The van der Waals surface area contributed by atoms with Crippen LogP contribution >= 0.6 is 12.2 Å². The lowest BCUT2D eigenvalue weighted by Gasteiger charge is -2.12. The number of carbonyl (C=O) groups excluding carboxylic acids is 2. The van der Waals surface area contributed by atoms with E-state index in [0.717, 1.165) is 6.07 Å². The molecule has 0 fully saturated rings. The molecule has 3 aromatic carbocycles. The maximum atomic E-state index is 12.3. The summed E-state index contributed by atoms with van der Waals surface area (Å²) in [5.41, 5.74) is 0.930. The lowest BCUT2D eigenvalue weighted by Crippen LogP contribution is -2.34. The predicted molar refractivity (Wildman–Crippen MR) is 124 cm³/mol. The minimum Gasteiger partial charge on any atom is -0.484 e. The predicted octanol–water partition coefficient (Wildman–Crippen LogP) is 3.74. The first-order chi connectivity index (χ1) is 15.4. The lowest BCUT2D eigenvalue weighted by molar-refractivity contribution is -0.384. The summed E-state index contributed by atoms with van der Waals surface area (Å²) in [7, 11) is 0. The quantitative estimate of drug-likeness (QED) is 0.285. The first kappa shape index (κ1) is 22.4. The number of nitro benzene ring substituents is 1. The van der Waals surface area contributed by atoms with Gasteiger partial charge in [-0.15, -0.1) is 0 Å². The topological polar surface area (TPSA) is 123 Å². The normalized spacial score (nSPS) is 10.0. The van der Waals surface area contributed by atoms with Gasteiger partial charge in [0.15, 0.2) is 11.7 Å². The fraction of sp³-hybridized carbons (Fsp3) is 0.0455. The standard InChI is InChI=1S/C22H18N4O5S/c27-20(14-31-19-10-2-1-3-11-19)23-16-7-5-8-17(13-16)24-22(32)25-21(28)15-6-4-9-18(12-15)26(29)30/h1-13H,14H2,(H,23,27)(H2,24,25,28,32). The molecule has 0 bridgehead atoms. The van der Waals surface area contributed by atoms with Crippen LogP contribution in [0.2, 0.25) is 0 Å². The number of nitrogens with one attached hydrogen (secondary N) is 3. The van der Waals surface area contributed by atoms with E-state index in [1.54, 1.807) is 36.4 Å². The average Bonchev–Trinajstić information content (AvgIpc) is 2.78. The van der Waals surface area contributed by atoms with Crippen LogP contribution in [0.25, 0.3) is 0 Å². The molecule has 0 radical (unpaired) electrons. The van der Waals surface area contributed by atoms with Gasteiger partial charge in [-0.05, 0) is 48.6 Å². The first-order valence-corrected chi connectivity index (χ1v) is 9.76. The molecule has 3 N–H and O–H groups in total. The van der Waals surface area contributed by atoms with Crippen LogP contribution in [0, 0.1) is 10.1 Å². The third-order valence-electron chi connectivity index (χ3n) is 4.06. The summed E-state index contributed by atoms with van der Waals surface area (Å²) < 4.78 is 5.41. The highest BCUT2D eigenvalue weighted by Gasteiger charge is 2.13. The van der Waals surface area contributed by atoms with Crippen molar-refractivity contribution < 1.29 is 19.2 Å². The molecule has 3 aromatic rings. The maximum absolute atomic E-state index is 12.3. The summed E-state index contributed by atoms with van der Waals surface area (Å²) in [5, 5.41) is 18.9. The molecule has 0 aliphatic carbocycles. The number of anilines is 2. The van der Waals surface area contributed by atoms with E-state index in [4.69, 9.17) is 17.0 Å². The van der Waals surface area contributed by atoms with Gasteiger partial charge in [0.25, 0.3) is 17.5 Å². The number of hydrogen-bond donors (Lipinski definition) is 3. The molecule has 2 amide bonds. The smallest absolute Gasteiger partial charge is 0.270 e. The van der Waals surface area contributed by atoms with E-state index < -0.39 is 10.8 Å². The van der Waals surface area contributed by atoms with Crippen molar-refractivity contribution in [1.82, 2.24) is 5.32 Å². The second-order valence-corrected chi connectivity index (χ2v) is 6.85. The Balaban J connectivity index is 1.54. The van der Waals surface area contributed by atoms with Gasteiger partial charge in [-0.1, -0.05) is 30.3 Å². The molecule has 0 saturated heterocycles. The lowest BCUT2D eigenvalue weighted by atomic mass is 10.2. The Labute approximate surface area is 188 Å². The van der Waals surface area contributed by atoms with Gasteiger partial charge < -0.3 is 15.4 Å². The number of hydrogen-bond acceptors (Lipinski definition) is 6. The van der Waals surface area contributed by atoms with E-state index in [-0.39, 0.29) is 28.9 Å². The molecule has 3 rings (SSSR count). The third kappa shape index (κ3) is 6.61. The number of amides is 2. The van der Waals surface area contributed by atoms with Crippen molar-refractivity contribution in [3.05, 3.63) is 94.5 Å². The van der Waals surface area contributed by atoms with E-state index >= 15 is 0 Å². The Bertz CT molecular complexity index is 1150. The van der Waals surface area contributed by atoms with E-state index in [1.165, 1.54) is 18.2 Å². The van der Waals surface area contributed by atoms with Crippen molar-refractivity contribution in [3.63, 3.8) is 0 Å². The molecule has 10 heteroatoms. The highest BCUT2D eigenvalue weighted by Crippen LogP contribution is 2.16. The Morgan fingerprint density at radius 1 is 0.906 bits per heavy atom. The van der Waals surface area contributed by atoms with Crippen LogP contribution < -0.4 is 20.7 Å². The van der Waals surface area contributed by atoms with Gasteiger partial charge in [0.1, 0.15) is 5.75 Å². The van der Waals surface area contributed by atoms with Crippen LogP contribution in [0.4, 0.5) is 17.1 Å². The minimum absolute atomic E-state index is 0.00241. The zero-order valence-electron chi connectivity index (χ0n) is 16.6. The van der Waals surface area contributed by atoms with Gasteiger partial charge >= 0.3 is 0 Å². The molecule has 0 aliphatic heterocycles. The van der Waals surface area contributed by atoms with Gasteiger partial charge in [-0.2, -0.15) is 0 Å². The SMILES string of the molecule is O=C(COc1ccccc1)Nc1cccc(NC(=S)NC(=O)c2cccc([N+](=O)[O-])c2)c1. The molecular weight excluding hydrogens is 432 g/mol. The zero-order valence-corrected chi connectivity index (χ0v) is 17.4. The number of thiocarbonyl (C=S) groups is 1. The number of benzene rings is 3. The van der Waals surface area contributed by atoms with Crippen LogP contribution in [0.5, 0.6) is 5.75 Å². The molecule has 0 unspecified atom stereocenters. The van der Waals surface area contributed by atoms with E-state index in [1.807, 2.05) is 18.2 Å². The highest BCUT2D eigenvalue weighted by atomic mass is 32.1. The molecule has 0 heterocycles. The number of rotatable bonds is 7. The Hall–Kier alpha value is -4.31. The van der Waals surface area contributed by atoms with E-state index in [9.17, 15) is 19.7 Å². The fourth-order valence-corrected chi connectivity index (χ4v) is 2.85. The molecule has 0 saturated carbocycles. The second kappa shape index (κ2) is 10.6. The number of para-hydroxylation sites is 1. The van der Waals surface area contributed by atoms with Crippen molar-refractivity contribution in [3.8, 4) is 5.75 Å². The van der Waals surface area contributed by atoms with Gasteiger partial charge in [-0.25, -0.2) is 0 Å². The molecule has 32 heavy (non-hydrogen) atoms. The minimum atomic E-state index is -0.589. The molecule has 9 nitrogen and oxygen atoms in total. The van der Waals surface area contributed by atoms with Gasteiger partial charge in [-0.3, -0.25) is 25.0 Å². The second-order valence-electron chi connectivity index (χ2n) is 6.45. The van der Waals surface area contributed by atoms with Crippen molar-refractivity contribution in [2.45, 2.75) is 0 Å². The third-order valence-corrected chi connectivity index (χ3v) is 4.27.